The normalized spacial score (nSPS) is 35.9. The van der Waals surface area contributed by atoms with Crippen molar-refractivity contribution in [3.05, 3.63) is 34.1 Å². The minimum atomic E-state index is -0.534. The molecule has 3 heteroatoms. The van der Waals surface area contributed by atoms with Crippen LogP contribution in [0, 0.1) is 17.2 Å². The van der Waals surface area contributed by atoms with Crippen molar-refractivity contribution in [1.29, 1.82) is 0 Å². The van der Waals surface area contributed by atoms with Crippen molar-refractivity contribution in [3.63, 3.8) is 0 Å². The summed E-state index contributed by atoms with van der Waals surface area (Å²) in [5, 5.41) is 10.9. The van der Waals surface area contributed by atoms with Crippen molar-refractivity contribution in [1.82, 2.24) is 0 Å². The molecule has 0 bridgehead atoms. The maximum Gasteiger partial charge on any atom is 0.142 e. The van der Waals surface area contributed by atoms with E-state index < -0.39 is 6.10 Å². The first-order valence-corrected chi connectivity index (χ1v) is 7.33. The molecule has 2 aliphatic carbocycles. The summed E-state index contributed by atoms with van der Waals surface area (Å²) in [6.45, 7) is 6.54. The van der Waals surface area contributed by atoms with Gasteiger partial charge < -0.3 is 5.11 Å². The Labute approximate surface area is 118 Å². The van der Waals surface area contributed by atoms with Gasteiger partial charge in [0, 0.05) is 11.3 Å². The molecule has 0 amide bonds. The van der Waals surface area contributed by atoms with Gasteiger partial charge in [-0.05, 0) is 35.4 Å². The van der Waals surface area contributed by atoms with Crippen molar-refractivity contribution in [3.8, 4) is 0 Å². The van der Waals surface area contributed by atoms with Gasteiger partial charge in [0.1, 0.15) is 5.82 Å². The molecule has 0 unspecified atom stereocenters. The molecule has 1 nitrogen and oxygen atoms in total. The maximum atomic E-state index is 13.8. The van der Waals surface area contributed by atoms with E-state index in [0.29, 0.717) is 0 Å². The topological polar surface area (TPSA) is 20.2 Å². The zero-order valence-corrected chi connectivity index (χ0v) is 12.4. The van der Waals surface area contributed by atoms with E-state index in [0.717, 1.165) is 30.4 Å². The molecule has 1 aromatic carbocycles. The average Bonchev–Trinajstić information content (AvgIpc) is 2.53. The Hall–Kier alpha value is -0.600. The Balaban J connectivity index is 2.26. The highest BCUT2D eigenvalue weighted by atomic mass is 35.5. The molecule has 0 aliphatic heterocycles. The standard InChI is InChI=1S/C16H20ClFO/c1-15(2)7-4-8-16(3)11-9(13(19)14(15)16)5-6-10(18)12(11)17/h5-6,13-14,19H,4,7-8H2,1-3H3/t13-,14-,16-/m0/s1. The summed E-state index contributed by atoms with van der Waals surface area (Å²) in [4.78, 5) is 0. The van der Waals surface area contributed by atoms with Gasteiger partial charge in [-0.15, -0.1) is 0 Å². The number of aliphatic hydroxyl groups excluding tert-OH is 1. The molecule has 1 fully saturated rings. The smallest absolute Gasteiger partial charge is 0.142 e. The Kier molecular flexibility index (Phi) is 2.79. The van der Waals surface area contributed by atoms with Gasteiger partial charge in [-0.25, -0.2) is 4.39 Å². The lowest BCUT2D eigenvalue weighted by molar-refractivity contribution is -0.0272. The minimum absolute atomic E-state index is 0.0469. The van der Waals surface area contributed by atoms with Gasteiger partial charge in [0.05, 0.1) is 11.1 Å². The summed E-state index contributed by atoms with van der Waals surface area (Å²) in [5.41, 5.74) is 1.51. The summed E-state index contributed by atoms with van der Waals surface area (Å²) >= 11 is 6.22. The lowest BCUT2D eigenvalue weighted by Crippen LogP contribution is -2.43. The Morgan fingerprint density at radius 2 is 1.95 bits per heavy atom. The van der Waals surface area contributed by atoms with Crippen LogP contribution in [0.25, 0.3) is 0 Å². The van der Waals surface area contributed by atoms with E-state index in [1.54, 1.807) is 6.07 Å². The van der Waals surface area contributed by atoms with Gasteiger partial charge in [0.15, 0.2) is 0 Å². The summed E-state index contributed by atoms with van der Waals surface area (Å²) < 4.78 is 13.8. The molecule has 0 spiro atoms. The zero-order chi connectivity index (χ0) is 14.0. The van der Waals surface area contributed by atoms with Crippen LogP contribution in [0.2, 0.25) is 5.02 Å². The van der Waals surface area contributed by atoms with Crippen LogP contribution >= 0.6 is 11.6 Å². The van der Waals surface area contributed by atoms with E-state index in [4.69, 9.17) is 11.6 Å². The monoisotopic (exact) mass is 282 g/mol. The van der Waals surface area contributed by atoms with Crippen LogP contribution in [0.3, 0.4) is 0 Å². The molecule has 0 saturated heterocycles. The molecule has 19 heavy (non-hydrogen) atoms. The molecule has 0 aromatic heterocycles. The molecule has 1 N–H and O–H groups in total. The Morgan fingerprint density at radius 1 is 1.26 bits per heavy atom. The summed E-state index contributed by atoms with van der Waals surface area (Å²) in [5.74, 6) is -0.263. The number of hydrogen-bond acceptors (Lipinski definition) is 1. The molecule has 0 radical (unpaired) electrons. The second-order valence-electron chi connectivity index (χ2n) is 7.01. The first-order valence-electron chi connectivity index (χ1n) is 6.95. The third-order valence-electron chi connectivity index (χ3n) is 5.38. The lowest BCUT2D eigenvalue weighted by Gasteiger charge is -2.48. The average molecular weight is 283 g/mol. The van der Waals surface area contributed by atoms with Crippen LogP contribution in [0.4, 0.5) is 4.39 Å². The first kappa shape index (κ1) is 13.4. The van der Waals surface area contributed by atoms with Gasteiger partial charge in [-0.1, -0.05) is 44.9 Å². The predicted molar refractivity (Wildman–Crippen MR) is 74.8 cm³/mol. The van der Waals surface area contributed by atoms with Gasteiger partial charge in [-0.2, -0.15) is 0 Å². The highest BCUT2D eigenvalue weighted by Crippen LogP contribution is 2.63. The number of fused-ring (bicyclic) bond motifs is 3. The van der Waals surface area contributed by atoms with Crippen LogP contribution in [0.5, 0.6) is 0 Å². The van der Waals surface area contributed by atoms with Crippen LogP contribution in [0.1, 0.15) is 57.3 Å². The largest absolute Gasteiger partial charge is 0.388 e. The van der Waals surface area contributed by atoms with Crippen molar-refractivity contribution < 1.29 is 9.50 Å². The van der Waals surface area contributed by atoms with Crippen molar-refractivity contribution in [2.75, 3.05) is 0 Å². The van der Waals surface area contributed by atoms with E-state index in [2.05, 4.69) is 20.8 Å². The van der Waals surface area contributed by atoms with Crippen LogP contribution in [-0.4, -0.2) is 5.11 Å². The third-order valence-corrected chi connectivity index (χ3v) is 5.75. The molecule has 1 saturated carbocycles. The van der Waals surface area contributed by atoms with Crippen LogP contribution < -0.4 is 0 Å². The van der Waals surface area contributed by atoms with Crippen molar-refractivity contribution >= 4 is 11.6 Å². The number of aliphatic hydroxyl groups is 1. The Morgan fingerprint density at radius 3 is 2.63 bits per heavy atom. The fraction of sp³-hybridized carbons (Fsp3) is 0.625. The van der Waals surface area contributed by atoms with Gasteiger partial charge in [0.25, 0.3) is 0 Å². The Bertz CT molecular complexity index is 540. The SMILES string of the molecule is CC1(C)CCC[C@@]2(C)c3c(ccc(F)c3Cl)[C@H](O)[C@@H]12. The highest BCUT2D eigenvalue weighted by Gasteiger charge is 2.57. The second kappa shape index (κ2) is 3.95. The maximum absolute atomic E-state index is 13.8. The molecule has 0 heterocycles. The quantitative estimate of drug-likeness (QED) is 0.737. The molecule has 2 aliphatic rings. The molecule has 104 valence electrons. The van der Waals surface area contributed by atoms with Gasteiger partial charge >= 0.3 is 0 Å². The summed E-state index contributed by atoms with van der Waals surface area (Å²) in [6, 6.07) is 3.08. The summed E-state index contributed by atoms with van der Waals surface area (Å²) in [7, 11) is 0. The minimum Gasteiger partial charge on any atom is -0.388 e. The highest BCUT2D eigenvalue weighted by molar-refractivity contribution is 6.31. The van der Waals surface area contributed by atoms with Crippen molar-refractivity contribution in [2.45, 2.75) is 51.6 Å². The van der Waals surface area contributed by atoms with Gasteiger partial charge in [0.2, 0.25) is 0 Å². The predicted octanol–water partition coefficient (Wildman–Crippen LogP) is 4.61. The second-order valence-corrected chi connectivity index (χ2v) is 7.39. The van der Waals surface area contributed by atoms with Crippen LogP contribution in [0.15, 0.2) is 12.1 Å². The van der Waals surface area contributed by atoms with E-state index >= 15 is 0 Å². The third kappa shape index (κ3) is 1.62. The van der Waals surface area contributed by atoms with Gasteiger partial charge in [-0.3, -0.25) is 0 Å². The molecular formula is C16H20ClFO. The lowest BCUT2D eigenvalue weighted by atomic mass is 9.56. The van der Waals surface area contributed by atoms with Crippen molar-refractivity contribution in [2.24, 2.45) is 11.3 Å². The number of hydrogen-bond donors (Lipinski definition) is 1. The first-order chi connectivity index (χ1) is 8.79. The van der Waals surface area contributed by atoms with E-state index in [9.17, 15) is 9.50 Å². The molecular weight excluding hydrogens is 263 g/mol. The van der Waals surface area contributed by atoms with E-state index in [-0.39, 0.29) is 27.6 Å². The molecule has 3 atom stereocenters. The van der Waals surface area contributed by atoms with E-state index in [1.807, 2.05) is 0 Å². The van der Waals surface area contributed by atoms with Crippen LogP contribution in [-0.2, 0) is 5.41 Å². The number of halogens is 2. The fourth-order valence-corrected chi connectivity index (χ4v) is 5.10. The number of benzene rings is 1. The molecule has 1 aromatic rings. The summed E-state index contributed by atoms with van der Waals surface area (Å²) in [6.07, 6.45) is 2.62. The molecule has 3 rings (SSSR count). The zero-order valence-electron chi connectivity index (χ0n) is 11.6. The fourth-order valence-electron chi connectivity index (χ4n) is 4.71. The number of rotatable bonds is 0. The van der Waals surface area contributed by atoms with E-state index in [1.165, 1.54) is 6.07 Å².